The average molecular weight is 335 g/mol. The van der Waals surface area contributed by atoms with Crippen LogP contribution in [0.5, 0.6) is 5.75 Å². The van der Waals surface area contributed by atoms with Crippen LogP contribution in [0.3, 0.4) is 0 Å². The molecule has 1 amide bonds. The first kappa shape index (κ1) is 14.5. The Bertz CT molecular complexity index is 599. The van der Waals surface area contributed by atoms with Gasteiger partial charge in [0, 0.05) is 16.2 Å². The van der Waals surface area contributed by atoms with Gasteiger partial charge < -0.3 is 10.1 Å². The van der Waals surface area contributed by atoms with Crippen LogP contribution in [0.2, 0.25) is 0 Å². The van der Waals surface area contributed by atoms with E-state index in [0.29, 0.717) is 5.69 Å². The molecule has 2 rings (SSSR count). The summed E-state index contributed by atoms with van der Waals surface area (Å²) in [7, 11) is 1.61. The van der Waals surface area contributed by atoms with Crippen molar-refractivity contribution in [3.63, 3.8) is 0 Å². The lowest BCUT2D eigenvalue weighted by atomic mass is 10.1. The Morgan fingerprint density at radius 1 is 1.30 bits per heavy atom. The summed E-state index contributed by atoms with van der Waals surface area (Å²) in [5.74, 6) is 0.542. The Kier molecular flexibility index (Phi) is 4.74. The molecule has 0 aliphatic heterocycles. The maximum atomic E-state index is 12.1. The first-order valence-electron chi connectivity index (χ1n) is 6.17. The topological polar surface area (TPSA) is 51.2 Å². The van der Waals surface area contributed by atoms with Gasteiger partial charge in [-0.3, -0.25) is 4.79 Å². The molecule has 1 heterocycles. The molecule has 1 aromatic carbocycles. The van der Waals surface area contributed by atoms with Gasteiger partial charge in [0.15, 0.2) is 0 Å². The summed E-state index contributed by atoms with van der Waals surface area (Å²) in [6.45, 7) is 1.91. The number of amides is 1. The molecule has 0 radical (unpaired) electrons. The van der Waals surface area contributed by atoms with Crippen molar-refractivity contribution in [3.05, 3.63) is 58.3 Å². The first-order chi connectivity index (χ1) is 9.61. The number of ether oxygens (including phenoxy) is 1. The quantitative estimate of drug-likeness (QED) is 0.932. The third-order valence-electron chi connectivity index (χ3n) is 2.91. The summed E-state index contributed by atoms with van der Waals surface area (Å²) in [5.41, 5.74) is 1.32. The zero-order chi connectivity index (χ0) is 14.5. The maximum Gasteiger partial charge on any atom is 0.270 e. The molecule has 0 fully saturated rings. The smallest absolute Gasteiger partial charge is 0.270 e. The van der Waals surface area contributed by atoms with E-state index in [1.165, 1.54) is 0 Å². The van der Waals surface area contributed by atoms with Crippen molar-refractivity contribution < 1.29 is 9.53 Å². The van der Waals surface area contributed by atoms with Gasteiger partial charge in [-0.15, -0.1) is 0 Å². The highest BCUT2D eigenvalue weighted by Gasteiger charge is 2.15. The van der Waals surface area contributed by atoms with Crippen LogP contribution in [0, 0.1) is 0 Å². The number of pyridine rings is 1. The third-order valence-corrected chi connectivity index (χ3v) is 3.38. The highest BCUT2D eigenvalue weighted by atomic mass is 79.9. The fourth-order valence-electron chi connectivity index (χ4n) is 1.88. The Labute approximate surface area is 126 Å². The van der Waals surface area contributed by atoms with Crippen molar-refractivity contribution in [2.45, 2.75) is 13.0 Å². The second-order valence-electron chi connectivity index (χ2n) is 4.30. The minimum atomic E-state index is -0.212. The number of rotatable bonds is 4. The lowest BCUT2D eigenvalue weighted by molar-refractivity contribution is 0.0934. The van der Waals surface area contributed by atoms with E-state index in [2.05, 4.69) is 26.2 Å². The number of hydrogen-bond donors (Lipinski definition) is 1. The predicted octanol–water partition coefficient (Wildman–Crippen LogP) is 3.34. The van der Waals surface area contributed by atoms with Gasteiger partial charge in [0.25, 0.3) is 5.91 Å². The first-order valence-corrected chi connectivity index (χ1v) is 6.96. The highest BCUT2D eigenvalue weighted by Crippen LogP contribution is 2.24. The molecule has 2 aromatic rings. The van der Waals surface area contributed by atoms with E-state index in [1.807, 2.05) is 31.2 Å². The second-order valence-corrected chi connectivity index (χ2v) is 5.21. The monoisotopic (exact) mass is 334 g/mol. The van der Waals surface area contributed by atoms with Crippen LogP contribution in [0.25, 0.3) is 0 Å². The van der Waals surface area contributed by atoms with Crippen molar-refractivity contribution in [2.24, 2.45) is 0 Å². The van der Waals surface area contributed by atoms with Gasteiger partial charge in [-0.05, 0) is 41.1 Å². The maximum absolute atomic E-state index is 12.1. The molecule has 0 saturated carbocycles. The number of carbonyl (C=O) groups excluding carboxylic acids is 1. The van der Waals surface area contributed by atoms with Crippen LogP contribution in [0.4, 0.5) is 0 Å². The average Bonchev–Trinajstić information content (AvgIpc) is 2.47. The third kappa shape index (κ3) is 3.36. The SMILES string of the molecule is COc1ccccc1C(C)NC(=O)c1ccc(Br)cn1. The summed E-state index contributed by atoms with van der Waals surface area (Å²) in [6.07, 6.45) is 1.60. The van der Waals surface area contributed by atoms with Gasteiger partial charge in [-0.1, -0.05) is 18.2 Å². The number of halogens is 1. The summed E-state index contributed by atoms with van der Waals surface area (Å²) in [4.78, 5) is 16.2. The van der Waals surface area contributed by atoms with Gasteiger partial charge >= 0.3 is 0 Å². The fourth-order valence-corrected chi connectivity index (χ4v) is 2.12. The van der Waals surface area contributed by atoms with Crippen LogP contribution in [-0.2, 0) is 0 Å². The zero-order valence-corrected chi connectivity index (χ0v) is 12.8. The Balaban J connectivity index is 2.13. The van der Waals surface area contributed by atoms with Gasteiger partial charge in [0.1, 0.15) is 11.4 Å². The van der Waals surface area contributed by atoms with Crippen molar-refractivity contribution >= 4 is 21.8 Å². The fraction of sp³-hybridized carbons (Fsp3) is 0.200. The minimum absolute atomic E-state index is 0.163. The van der Waals surface area contributed by atoms with E-state index >= 15 is 0 Å². The van der Waals surface area contributed by atoms with Gasteiger partial charge in [0.05, 0.1) is 13.2 Å². The van der Waals surface area contributed by atoms with Crippen LogP contribution < -0.4 is 10.1 Å². The molecule has 0 spiro atoms. The number of nitrogens with zero attached hydrogens (tertiary/aromatic N) is 1. The largest absolute Gasteiger partial charge is 0.496 e. The summed E-state index contributed by atoms with van der Waals surface area (Å²) in [6, 6.07) is 10.9. The molecule has 4 nitrogen and oxygen atoms in total. The molecule has 1 N–H and O–H groups in total. The number of carbonyl (C=O) groups is 1. The van der Waals surface area contributed by atoms with E-state index in [9.17, 15) is 4.79 Å². The molecule has 1 unspecified atom stereocenters. The van der Waals surface area contributed by atoms with Crippen LogP contribution >= 0.6 is 15.9 Å². The van der Waals surface area contributed by atoms with E-state index in [1.54, 1.807) is 25.4 Å². The normalized spacial score (nSPS) is 11.8. The molecule has 0 aliphatic rings. The molecular weight excluding hydrogens is 320 g/mol. The van der Waals surface area contributed by atoms with Crippen LogP contribution in [0.15, 0.2) is 47.1 Å². The molecule has 0 saturated heterocycles. The van der Waals surface area contributed by atoms with Gasteiger partial charge in [0.2, 0.25) is 0 Å². The lowest BCUT2D eigenvalue weighted by Gasteiger charge is -2.17. The van der Waals surface area contributed by atoms with Crippen molar-refractivity contribution in [3.8, 4) is 5.75 Å². The number of hydrogen-bond acceptors (Lipinski definition) is 3. The van der Waals surface area contributed by atoms with Crippen molar-refractivity contribution in [2.75, 3.05) is 7.11 Å². The number of benzene rings is 1. The molecule has 104 valence electrons. The van der Waals surface area contributed by atoms with Crippen molar-refractivity contribution in [1.82, 2.24) is 10.3 Å². The van der Waals surface area contributed by atoms with E-state index in [0.717, 1.165) is 15.8 Å². The molecule has 5 heteroatoms. The minimum Gasteiger partial charge on any atom is -0.496 e. The Hall–Kier alpha value is -1.88. The molecule has 0 bridgehead atoms. The highest BCUT2D eigenvalue weighted by molar-refractivity contribution is 9.10. The molecular formula is C15H15BrN2O2. The Morgan fingerprint density at radius 3 is 2.70 bits per heavy atom. The molecule has 1 atom stereocenters. The van der Waals surface area contributed by atoms with E-state index < -0.39 is 0 Å². The number of nitrogens with one attached hydrogen (secondary N) is 1. The lowest BCUT2D eigenvalue weighted by Crippen LogP contribution is -2.27. The van der Waals surface area contributed by atoms with Crippen LogP contribution in [0.1, 0.15) is 29.0 Å². The predicted molar refractivity (Wildman–Crippen MR) is 80.8 cm³/mol. The van der Waals surface area contributed by atoms with E-state index in [4.69, 9.17) is 4.74 Å². The molecule has 0 aliphatic carbocycles. The standard InChI is InChI=1S/C15H15BrN2O2/c1-10(12-5-3-4-6-14(12)20-2)18-15(19)13-8-7-11(16)9-17-13/h3-10H,1-2H3,(H,18,19). The number of aromatic nitrogens is 1. The summed E-state index contributed by atoms with van der Waals surface area (Å²) >= 11 is 3.29. The van der Waals surface area contributed by atoms with Crippen LogP contribution in [-0.4, -0.2) is 18.0 Å². The van der Waals surface area contributed by atoms with E-state index in [-0.39, 0.29) is 11.9 Å². The molecule has 1 aromatic heterocycles. The zero-order valence-electron chi connectivity index (χ0n) is 11.3. The number of methoxy groups -OCH3 is 1. The van der Waals surface area contributed by atoms with Crippen molar-refractivity contribution in [1.29, 1.82) is 0 Å². The van der Waals surface area contributed by atoms with Gasteiger partial charge in [-0.2, -0.15) is 0 Å². The number of para-hydroxylation sites is 1. The Morgan fingerprint density at radius 2 is 2.05 bits per heavy atom. The second kappa shape index (κ2) is 6.52. The summed E-state index contributed by atoms with van der Waals surface area (Å²) < 4.78 is 6.14. The summed E-state index contributed by atoms with van der Waals surface area (Å²) in [5, 5.41) is 2.91. The van der Waals surface area contributed by atoms with Gasteiger partial charge in [-0.25, -0.2) is 4.98 Å². The molecule has 20 heavy (non-hydrogen) atoms.